The maximum Gasteiger partial charge on any atom is 0.241 e. The molecule has 0 fully saturated rings. The summed E-state index contributed by atoms with van der Waals surface area (Å²) in [6.45, 7) is 1.51. The number of amides is 1. The Morgan fingerprint density at radius 2 is 2.09 bits per heavy atom. The van der Waals surface area contributed by atoms with Crippen molar-refractivity contribution in [2.45, 2.75) is 12.5 Å². The Kier molecular flexibility index (Phi) is 4.48. The minimum absolute atomic E-state index is 0.187. The maximum atomic E-state index is 12.3. The molecule has 3 N–H and O–H groups in total. The summed E-state index contributed by atoms with van der Waals surface area (Å²) in [4.78, 5) is 14.4. The van der Waals surface area contributed by atoms with Crippen LogP contribution in [-0.4, -0.2) is 32.1 Å². The van der Waals surface area contributed by atoms with E-state index in [1.54, 1.807) is 0 Å². The van der Waals surface area contributed by atoms with E-state index < -0.39 is 6.04 Å². The fourth-order valence-electron chi connectivity index (χ4n) is 2.62. The van der Waals surface area contributed by atoms with Gasteiger partial charge in [0, 0.05) is 12.7 Å². The Bertz CT molecular complexity index is 688. The summed E-state index contributed by atoms with van der Waals surface area (Å²) in [5.74, 6) is 0.651. The number of nitrogens with zero attached hydrogens (tertiary/aromatic N) is 1. The number of likely N-dealkylation sites (N-methyl/N-ethyl adjacent to an activating group) is 1. The van der Waals surface area contributed by atoms with E-state index in [4.69, 9.17) is 10.5 Å². The summed E-state index contributed by atoms with van der Waals surface area (Å²) in [5, 5.41) is 2.89. The number of benzene rings is 2. The van der Waals surface area contributed by atoms with E-state index in [0.29, 0.717) is 13.0 Å². The molecule has 0 bridgehead atoms. The zero-order valence-corrected chi connectivity index (χ0v) is 13.2. The van der Waals surface area contributed by atoms with Crippen LogP contribution in [0.5, 0.6) is 5.75 Å². The SMILES string of the molecule is CN1CCOc2ccc(NC(=O)C(N)Cc3ccccc3)cc21. The van der Waals surface area contributed by atoms with Crippen molar-refractivity contribution in [3.05, 3.63) is 54.1 Å². The molecule has 1 heterocycles. The van der Waals surface area contributed by atoms with Gasteiger partial charge in [-0.2, -0.15) is 0 Å². The van der Waals surface area contributed by atoms with Crippen LogP contribution in [0.4, 0.5) is 11.4 Å². The summed E-state index contributed by atoms with van der Waals surface area (Å²) in [6.07, 6.45) is 0.515. The van der Waals surface area contributed by atoms with Crippen LogP contribution in [0.25, 0.3) is 0 Å². The van der Waals surface area contributed by atoms with Crippen molar-refractivity contribution in [1.82, 2.24) is 0 Å². The van der Waals surface area contributed by atoms with Crippen LogP contribution in [0.1, 0.15) is 5.56 Å². The molecule has 2 aromatic carbocycles. The van der Waals surface area contributed by atoms with Gasteiger partial charge in [0.1, 0.15) is 12.4 Å². The number of ether oxygens (including phenoxy) is 1. The van der Waals surface area contributed by atoms with Gasteiger partial charge in [-0.25, -0.2) is 0 Å². The highest BCUT2D eigenvalue weighted by Gasteiger charge is 2.18. The molecule has 2 aromatic rings. The molecule has 1 unspecified atom stereocenters. The molecular weight excluding hydrogens is 290 g/mol. The molecule has 0 saturated carbocycles. The molecule has 0 saturated heterocycles. The zero-order chi connectivity index (χ0) is 16.2. The summed E-state index contributed by atoms with van der Waals surface area (Å²) in [7, 11) is 2.01. The zero-order valence-electron chi connectivity index (χ0n) is 13.2. The minimum atomic E-state index is -0.581. The van der Waals surface area contributed by atoms with E-state index >= 15 is 0 Å². The van der Waals surface area contributed by atoms with Gasteiger partial charge in [-0.3, -0.25) is 4.79 Å². The molecule has 23 heavy (non-hydrogen) atoms. The van der Waals surface area contributed by atoms with Crippen molar-refractivity contribution < 1.29 is 9.53 Å². The van der Waals surface area contributed by atoms with Crippen LogP contribution in [0.2, 0.25) is 0 Å². The van der Waals surface area contributed by atoms with Gasteiger partial charge < -0.3 is 20.7 Å². The largest absolute Gasteiger partial charge is 0.490 e. The molecule has 1 amide bonds. The first-order valence-corrected chi connectivity index (χ1v) is 7.72. The molecule has 5 heteroatoms. The summed E-state index contributed by atoms with van der Waals surface area (Å²) in [5.41, 5.74) is 8.77. The van der Waals surface area contributed by atoms with Gasteiger partial charge in [-0.05, 0) is 30.2 Å². The summed E-state index contributed by atoms with van der Waals surface area (Å²) in [6, 6.07) is 14.8. The molecule has 1 aliphatic heterocycles. The van der Waals surface area contributed by atoms with E-state index in [2.05, 4.69) is 10.2 Å². The van der Waals surface area contributed by atoms with Crippen molar-refractivity contribution in [2.75, 3.05) is 30.4 Å². The standard InChI is InChI=1S/C18H21N3O2/c1-21-9-10-23-17-8-7-14(12-16(17)21)20-18(22)15(19)11-13-5-3-2-4-6-13/h2-8,12,15H,9-11,19H2,1H3,(H,20,22). The number of hydrogen-bond acceptors (Lipinski definition) is 4. The molecule has 0 spiro atoms. The molecule has 120 valence electrons. The predicted octanol–water partition coefficient (Wildman–Crippen LogP) is 2.02. The number of carbonyl (C=O) groups is 1. The van der Waals surface area contributed by atoms with Crippen LogP contribution in [0, 0.1) is 0 Å². The predicted molar refractivity (Wildman–Crippen MR) is 92.0 cm³/mol. The Hall–Kier alpha value is -2.53. The van der Waals surface area contributed by atoms with Crippen LogP contribution in [-0.2, 0) is 11.2 Å². The second kappa shape index (κ2) is 6.71. The third-order valence-corrected chi connectivity index (χ3v) is 3.96. The van der Waals surface area contributed by atoms with Crippen molar-refractivity contribution in [2.24, 2.45) is 5.73 Å². The first-order chi connectivity index (χ1) is 11.1. The highest BCUT2D eigenvalue weighted by molar-refractivity contribution is 5.95. The molecule has 3 rings (SSSR count). The van der Waals surface area contributed by atoms with Gasteiger partial charge in [0.15, 0.2) is 0 Å². The highest BCUT2D eigenvalue weighted by atomic mass is 16.5. The topological polar surface area (TPSA) is 67.6 Å². The lowest BCUT2D eigenvalue weighted by Gasteiger charge is -2.28. The van der Waals surface area contributed by atoms with E-state index in [1.165, 1.54) is 0 Å². The maximum absolute atomic E-state index is 12.3. The fraction of sp³-hybridized carbons (Fsp3) is 0.278. The van der Waals surface area contributed by atoms with E-state index in [-0.39, 0.29) is 5.91 Å². The molecular formula is C18H21N3O2. The van der Waals surface area contributed by atoms with Gasteiger partial charge >= 0.3 is 0 Å². The van der Waals surface area contributed by atoms with Crippen LogP contribution >= 0.6 is 0 Å². The minimum Gasteiger partial charge on any atom is -0.490 e. The lowest BCUT2D eigenvalue weighted by atomic mass is 10.1. The monoisotopic (exact) mass is 311 g/mol. The van der Waals surface area contributed by atoms with Gasteiger partial charge in [-0.1, -0.05) is 30.3 Å². The number of anilines is 2. The molecule has 1 atom stereocenters. The van der Waals surface area contributed by atoms with E-state index in [9.17, 15) is 4.79 Å². The number of nitrogens with two attached hydrogens (primary N) is 1. The van der Waals surface area contributed by atoms with Gasteiger partial charge in [0.05, 0.1) is 18.3 Å². The van der Waals surface area contributed by atoms with Crippen LogP contribution in [0.15, 0.2) is 48.5 Å². The quantitative estimate of drug-likeness (QED) is 0.906. The summed E-state index contributed by atoms with van der Waals surface area (Å²) >= 11 is 0. The van der Waals surface area contributed by atoms with Gasteiger partial charge in [0.25, 0.3) is 0 Å². The Labute approximate surface area is 136 Å². The van der Waals surface area contributed by atoms with Crippen LogP contribution in [0.3, 0.4) is 0 Å². The molecule has 1 aliphatic rings. The fourth-order valence-corrected chi connectivity index (χ4v) is 2.62. The van der Waals surface area contributed by atoms with Crippen molar-refractivity contribution in [3.63, 3.8) is 0 Å². The number of rotatable bonds is 4. The van der Waals surface area contributed by atoms with Crippen LogP contribution < -0.4 is 20.7 Å². The van der Waals surface area contributed by atoms with Crippen molar-refractivity contribution in [3.8, 4) is 5.75 Å². The normalized spacial score (nSPS) is 14.6. The number of fused-ring (bicyclic) bond motifs is 1. The number of hydrogen-bond donors (Lipinski definition) is 2. The Morgan fingerprint density at radius 3 is 2.87 bits per heavy atom. The molecule has 0 radical (unpaired) electrons. The molecule has 0 aliphatic carbocycles. The summed E-state index contributed by atoms with van der Waals surface area (Å²) < 4.78 is 5.60. The Balaban J connectivity index is 1.67. The van der Waals surface area contributed by atoms with E-state index in [1.807, 2.05) is 55.6 Å². The Morgan fingerprint density at radius 1 is 1.30 bits per heavy atom. The first kappa shape index (κ1) is 15.4. The van der Waals surface area contributed by atoms with Crippen molar-refractivity contribution >= 4 is 17.3 Å². The second-order valence-corrected chi connectivity index (χ2v) is 5.74. The average molecular weight is 311 g/mol. The van der Waals surface area contributed by atoms with Gasteiger partial charge in [0.2, 0.25) is 5.91 Å². The third kappa shape index (κ3) is 3.63. The number of nitrogens with one attached hydrogen (secondary N) is 1. The lowest BCUT2D eigenvalue weighted by Crippen LogP contribution is -2.37. The highest BCUT2D eigenvalue weighted by Crippen LogP contribution is 2.33. The average Bonchev–Trinajstić information content (AvgIpc) is 2.56. The molecule has 5 nitrogen and oxygen atoms in total. The van der Waals surface area contributed by atoms with Crippen molar-refractivity contribution in [1.29, 1.82) is 0 Å². The van der Waals surface area contributed by atoms with Gasteiger partial charge in [-0.15, -0.1) is 0 Å². The number of carbonyl (C=O) groups excluding carboxylic acids is 1. The first-order valence-electron chi connectivity index (χ1n) is 7.72. The van der Waals surface area contributed by atoms with E-state index in [0.717, 1.165) is 29.2 Å². The lowest BCUT2D eigenvalue weighted by molar-refractivity contribution is -0.117. The second-order valence-electron chi connectivity index (χ2n) is 5.74. The smallest absolute Gasteiger partial charge is 0.241 e. The molecule has 0 aromatic heterocycles. The third-order valence-electron chi connectivity index (χ3n) is 3.96.